The number of hydrogen-bond acceptors (Lipinski definition) is 4. The van der Waals surface area contributed by atoms with Crippen LogP contribution < -0.4 is 11.1 Å². The van der Waals surface area contributed by atoms with Crippen LogP contribution in [-0.4, -0.2) is 9.97 Å². The lowest BCUT2D eigenvalue weighted by atomic mass is 10.1. The van der Waals surface area contributed by atoms with Gasteiger partial charge in [-0.05, 0) is 42.8 Å². The maximum absolute atomic E-state index is 5.86. The molecule has 1 aromatic heterocycles. The predicted molar refractivity (Wildman–Crippen MR) is 90.1 cm³/mol. The molecule has 3 rings (SSSR count). The Hall–Kier alpha value is -2.14. The first-order valence-corrected chi connectivity index (χ1v) is 7.45. The van der Waals surface area contributed by atoms with Crippen LogP contribution in [0.4, 0.5) is 11.5 Å². The molecule has 0 radical (unpaired) electrons. The first-order chi connectivity index (χ1) is 10.1. The van der Waals surface area contributed by atoms with E-state index in [9.17, 15) is 0 Å². The van der Waals surface area contributed by atoms with Gasteiger partial charge in [0.2, 0.25) is 0 Å². The second kappa shape index (κ2) is 5.69. The van der Waals surface area contributed by atoms with E-state index in [1.54, 1.807) is 6.33 Å². The van der Waals surface area contributed by atoms with Gasteiger partial charge in [0, 0.05) is 21.6 Å². The number of nitrogens with one attached hydrogen (secondary N) is 1. The van der Waals surface area contributed by atoms with Crippen LogP contribution in [0.25, 0.3) is 10.9 Å². The highest BCUT2D eigenvalue weighted by atomic mass is 79.9. The molecule has 0 aliphatic rings. The van der Waals surface area contributed by atoms with Gasteiger partial charge in [-0.25, -0.2) is 9.97 Å². The van der Waals surface area contributed by atoms with Crippen LogP contribution in [0.2, 0.25) is 0 Å². The number of nitrogens with two attached hydrogens (primary N) is 1. The van der Waals surface area contributed by atoms with E-state index < -0.39 is 0 Å². The van der Waals surface area contributed by atoms with Gasteiger partial charge in [-0.2, -0.15) is 0 Å². The number of fused-ring (bicyclic) bond motifs is 1. The minimum atomic E-state index is 0.137. The number of benzene rings is 2. The zero-order chi connectivity index (χ0) is 14.8. The zero-order valence-electron chi connectivity index (χ0n) is 11.5. The second-order valence-electron chi connectivity index (χ2n) is 4.92. The Morgan fingerprint density at radius 3 is 2.62 bits per heavy atom. The SMILES string of the molecule is CC(Nc1ncnc2ccc(N)cc12)c1ccc(Br)cc1. The van der Waals surface area contributed by atoms with Gasteiger partial charge < -0.3 is 11.1 Å². The van der Waals surface area contributed by atoms with Gasteiger partial charge in [0.25, 0.3) is 0 Å². The van der Waals surface area contributed by atoms with Crippen molar-refractivity contribution in [2.75, 3.05) is 11.1 Å². The summed E-state index contributed by atoms with van der Waals surface area (Å²) in [6, 6.07) is 14.0. The highest BCUT2D eigenvalue weighted by Gasteiger charge is 2.09. The fourth-order valence-electron chi connectivity index (χ4n) is 2.23. The third kappa shape index (κ3) is 2.97. The second-order valence-corrected chi connectivity index (χ2v) is 5.83. The molecule has 0 aliphatic heterocycles. The molecule has 0 aliphatic carbocycles. The van der Waals surface area contributed by atoms with Crippen molar-refractivity contribution in [1.82, 2.24) is 9.97 Å². The summed E-state index contributed by atoms with van der Waals surface area (Å²) in [6.07, 6.45) is 1.56. The maximum atomic E-state index is 5.86. The topological polar surface area (TPSA) is 63.8 Å². The highest BCUT2D eigenvalue weighted by Crippen LogP contribution is 2.26. The van der Waals surface area contributed by atoms with Gasteiger partial charge in [-0.3, -0.25) is 0 Å². The Balaban J connectivity index is 1.94. The number of hydrogen-bond donors (Lipinski definition) is 2. The summed E-state index contributed by atoms with van der Waals surface area (Å²) >= 11 is 3.45. The summed E-state index contributed by atoms with van der Waals surface area (Å²) in [6.45, 7) is 2.10. The van der Waals surface area contributed by atoms with E-state index in [0.717, 1.165) is 21.2 Å². The number of nitrogen functional groups attached to an aromatic ring is 1. The van der Waals surface area contributed by atoms with Crippen molar-refractivity contribution in [3.63, 3.8) is 0 Å². The molecule has 0 fully saturated rings. The molecule has 1 heterocycles. The van der Waals surface area contributed by atoms with Crippen LogP contribution >= 0.6 is 15.9 Å². The zero-order valence-corrected chi connectivity index (χ0v) is 13.1. The molecule has 2 aromatic carbocycles. The average molecular weight is 343 g/mol. The molecule has 106 valence electrons. The lowest BCUT2D eigenvalue weighted by molar-refractivity contribution is 0.875. The molecule has 3 aromatic rings. The summed E-state index contributed by atoms with van der Waals surface area (Å²) in [7, 11) is 0. The quantitative estimate of drug-likeness (QED) is 0.702. The molecule has 0 spiro atoms. The van der Waals surface area contributed by atoms with Crippen molar-refractivity contribution in [2.45, 2.75) is 13.0 Å². The van der Waals surface area contributed by atoms with Crippen molar-refractivity contribution in [3.05, 3.63) is 58.8 Å². The van der Waals surface area contributed by atoms with Crippen LogP contribution in [0.3, 0.4) is 0 Å². The Morgan fingerprint density at radius 2 is 1.86 bits per heavy atom. The fourth-order valence-corrected chi connectivity index (χ4v) is 2.49. The van der Waals surface area contributed by atoms with Gasteiger partial charge in [0.1, 0.15) is 12.1 Å². The van der Waals surface area contributed by atoms with Crippen LogP contribution in [0.15, 0.2) is 53.3 Å². The maximum Gasteiger partial charge on any atom is 0.137 e. The highest BCUT2D eigenvalue weighted by molar-refractivity contribution is 9.10. The van der Waals surface area contributed by atoms with Crippen molar-refractivity contribution in [3.8, 4) is 0 Å². The Morgan fingerprint density at radius 1 is 1.10 bits per heavy atom. The van der Waals surface area contributed by atoms with Gasteiger partial charge in [0.05, 0.1) is 5.52 Å². The van der Waals surface area contributed by atoms with Gasteiger partial charge in [-0.1, -0.05) is 28.1 Å². The van der Waals surface area contributed by atoms with E-state index in [4.69, 9.17) is 5.73 Å². The average Bonchev–Trinajstić information content (AvgIpc) is 2.48. The molecule has 4 nitrogen and oxygen atoms in total. The van der Waals surface area contributed by atoms with Crippen molar-refractivity contribution >= 4 is 38.3 Å². The van der Waals surface area contributed by atoms with E-state index in [1.807, 2.05) is 30.3 Å². The Kier molecular flexibility index (Phi) is 3.75. The normalized spacial score (nSPS) is 12.3. The van der Waals surface area contributed by atoms with Crippen LogP contribution in [-0.2, 0) is 0 Å². The minimum Gasteiger partial charge on any atom is -0.399 e. The molecular weight excluding hydrogens is 328 g/mol. The predicted octanol–water partition coefficient (Wildman–Crippen LogP) is 4.15. The third-order valence-electron chi connectivity index (χ3n) is 3.38. The molecule has 0 amide bonds. The van der Waals surface area contributed by atoms with Crippen LogP contribution in [0, 0.1) is 0 Å². The Labute approximate surface area is 131 Å². The number of aromatic nitrogens is 2. The standard InChI is InChI=1S/C16H15BrN4/c1-10(11-2-4-12(17)5-3-11)21-16-14-8-13(18)6-7-15(14)19-9-20-16/h2-10H,18H2,1H3,(H,19,20,21). The Bertz CT molecular complexity index is 771. The van der Waals surface area contributed by atoms with E-state index >= 15 is 0 Å². The molecule has 5 heteroatoms. The smallest absolute Gasteiger partial charge is 0.137 e. The van der Waals surface area contributed by atoms with Gasteiger partial charge in [0.15, 0.2) is 0 Å². The van der Waals surface area contributed by atoms with Gasteiger partial charge in [-0.15, -0.1) is 0 Å². The first-order valence-electron chi connectivity index (χ1n) is 6.66. The summed E-state index contributed by atoms with van der Waals surface area (Å²) in [5.74, 6) is 0.794. The molecule has 1 unspecified atom stereocenters. The van der Waals surface area contributed by atoms with Crippen molar-refractivity contribution < 1.29 is 0 Å². The molecule has 0 saturated carbocycles. The number of nitrogens with zero attached hydrogens (tertiary/aromatic N) is 2. The lowest BCUT2D eigenvalue weighted by Crippen LogP contribution is -2.08. The number of rotatable bonds is 3. The molecule has 0 saturated heterocycles. The van der Waals surface area contributed by atoms with E-state index in [0.29, 0.717) is 5.69 Å². The van der Waals surface area contributed by atoms with Crippen molar-refractivity contribution in [2.24, 2.45) is 0 Å². The molecule has 0 bridgehead atoms. The molecular formula is C16H15BrN4. The molecule has 3 N–H and O–H groups in total. The lowest BCUT2D eigenvalue weighted by Gasteiger charge is -2.16. The summed E-state index contributed by atoms with van der Waals surface area (Å²) in [4.78, 5) is 8.61. The van der Waals surface area contributed by atoms with Crippen LogP contribution in [0.5, 0.6) is 0 Å². The van der Waals surface area contributed by atoms with E-state index in [-0.39, 0.29) is 6.04 Å². The number of anilines is 2. The monoisotopic (exact) mass is 342 g/mol. The van der Waals surface area contributed by atoms with E-state index in [2.05, 4.69) is 50.3 Å². The fraction of sp³-hybridized carbons (Fsp3) is 0.125. The largest absolute Gasteiger partial charge is 0.399 e. The van der Waals surface area contributed by atoms with E-state index in [1.165, 1.54) is 5.56 Å². The van der Waals surface area contributed by atoms with Crippen molar-refractivity contribution in [1.29, 1.82) is 0 Å². The summed E-state index contributed by atoms with van der Waals surface area (Å²) < 4.78 is 1.07. The molecule has 21 heavy (non-hydrogen) atoms. The first kappa shape index (κ1) is 13.8. The third-order valence-corrected chi connectivity index (χ3v) is 3.91. The summed E-state index contributed by atoms with van der Waals surface area (Å²) in [5.41, 5.74) is 8.64. The summed E-state index contributed by atoms with van der Waals surface area (Å²) in [5, 5.41) is 4.36. The minimum absolute atomic E-state index is 0.137. The van der Waals surface area contributed by atoms with Crippen LogP contribution in [0.1, 0.15) is 18.5 Å². The number of halogens is 1. The van der Waals surface area contributed by atoms with Gasteiger partial charge >= 0.3 is 0 Å². The molecule has 1 atom stereocenters.